The fourth-order valence-corrected chi connectivity index (χ4v) is 3.53. The van der Waals surface area contributed by atoms with Gasteiger partial charge in [-0.1, -0.05) is 142 Å². The number of ketones is 3. The Balaban J connectivity index is -0.000000567. The summed E-state index contributed by atoms with van der Waals surface area (Å²) < 4.78 is 0. The number of carbonyl (C=O) groups is 5. The first kappa shape index (κ1) is 51.2. The van der Waals surface area contributed by atoms with Crippen LogP contribution in [0.1, 0.15) is 112 Å². The number of aliphatic hydroxyl groups is 1. The van der Waals surface area contributed by atoms with Gasteiger partial charge in [-0.2, -0.15) is 0 Å². The zero-order valence-electron chi connectivity index (χ0n) is 32.8. The largest absolute Gasteiger partial charge is 0.481 e. The van der Waals surface area contributed by atoms with Gasteiger partial charge in [-0.15, -0.1) is 0 Å². The Kier molecular flexibility index (Phi) is 33.1. The predicted octanol–water partition coefficient (Wildman–Crippen LogP) is 9.54. The number of carboxylic acids is 2. The van der Waals surface area contributed by atoms with Crippen molar-refractivity contribution in [1.82, 2.24) is 0 Å². The van der Waals surface area contributed by atoms with Crippen LogP contribution in [-0.2, 0) is 30.4 Å². The van der Waals surface area contributed by atoms with Crippen molar-refractivity contribution in [3.05, 3.63) is 90.0 Å². The molecule has 0 unspecified atom stereocenters. The van der Waals surface area contributed by atoms with Crippen molar-refractivity contribution in [3.63, 3.8) is 0 Å². The van der Waals surface area contributed by atoms with Gasteiger partial charge in [-0.25, -0.2) is 4.79 Å². The summed E-state index contributed by atoms with van der Waals surface area (Å²) in [5.41, 5.74) is 2.73. The molecule has 51 heavy (non-hydrogen) atoms. The molecule has 2 rings (SSSR count). The van der Waals surface area contributed by atoms with Crippen LogP contribution in [0.25, 0.3) is 6.08 Å². The van der Waals surface area contributed by atoms with E-state index in [2.05, 4.69) is 94.4 Å². The van der Waals surface area contributed by atoms with Crippen LogP contribution in [0.2, 0.25) is 0 Å². The summed E-state index contributed by atoms with van der Waals surface area (Å²) in [6.07, 6.45) is 9.94. The number of hydrogen-bond acceptors (Lipinski definition) is 6. The van der Waals surface area contributed by atoms with E-state index in [1.807, 2.05) is 19.9 Å². The fraction of sp³-hybridized carbons (Fsp3) is 0.512. The van der Waals surface area contributed by atoms with Crippen LogP contribution < -0.4 is 0 Å². The topological polar surface area (TPSA) is 146 Å². The number of aliphatic carboxylic acids is 2. The van der Waals surface area contributed by atoms with Gasteiger partial charge in [-0.05, 0) is 48.3 Å². The summed E-state index contributed by atoms with van der Waals surface area (Å²) in [5.74, 6) is -0.435. The summed E-state index contributed by atoms with van der Waals surface area (Å²) >= 11 is 0. The molecule has 0 atom stereocenters. The fourth-order valence-electron chi connectivity index (χ4n) is 3.53. The highest BCUT2D eigenvalue weighted by Crippen LogP contribution is 2.07. The van der Waals surface area contributed by atoms with Crippen molar-refractivity contribution >= 4 is 35.4 Å². The quantitative estimate of drug-likeness (QED) is 0.146. The molecular formula is C43H66O8. The minimum atomic E-state index is -1.09. The van der Waals surface area contributed by atoms with Crippen molar-refractivity contribution in [3.8, 4) is 0 Å². The molecule has 3 N–H and O–H groups in total. The predicted molar refractivity (Wildman–Crippen MR) is 209 cm³/mol. The number of rotatable bonds is 16. The maximum absolute atomic E-state index is 10.8. The number of hydrogen-bond donors (Lipinski definition) is 3. The Morgan fingerprint density at radius 3 is 1.49 bits per heavy atom. The van der Waals surface area contributed by atoms with Crippen LogP contribution >= 0.6 is 0 Å². The Bertz CT molecular complexity index is 1260. The standard InChI is InChI=1S/C12H16.C10H14.C7H12O3.C7H10O3.C7H14O2/c1-11(2)7-6-10-12-8-4-3-5-9-12;1-9(2)8-10-6-4-3-5-7-10;2*1-5(2)6(8)3-4-7(9)10;1-6(2)7(9)4-3-5-8/h3-6,8-11H,7H2,1-2H3;3-7,9H,8H2,1-2H3;5H,3-4H2,1-2H3,(H,9,10);3-5H,1-2H3,(H,9,10);6,8H,3-5H2,1-2H3/b10-6+;;;4-3+;. The molecule has 8 nitrogen and oxygen atoms in total. The second-order valence-corrected chi connectivity index (χ2v) is 13.7. The Hall–Kier alpha value is -4.17. The molecule has 0 heterocycles. The van der Waals surface area contributed by atoms with E-state index in [1.54, 1.807) is 27.7 Å². The molecule has 2 aromatic carbocycles. The smallest absolute Gasteiger partial charge is 0.328 e. The molecule has 0 saturated carbocycles. The number of aliphatic hydroxyl groups excluding tert-OH is 1. The molecule has 286 valence electrons. The van der Waals surface area contributed by atoms with Gasteiger partial charge in [0.2, 0.25) is 0 Å². The first-order chi connectivity index (χ1) is 23.8. The van der Waals surface area contributed by atoms with E-state index in [4.69, 9.17) is 15.3 Å². The average molecular weight is 711 g/mol. The molecule has 0 fully saturated rings. The van der Waals surface area contributed by atoms with Crippen LogP contribution in [0, 0.1) is 29.6 Å². The number of allylic oxidation sites excluding steroid dienone is 2. The van der Waals surface area contributed by atoms with E-state index >= 15 is 0 Å². The van der Waals surface area contributed by atoms with Gasteiger partial charge in [-0.3, -0.25) is 19.2 Å². The Labute approximate surface area is 308 Å². The molecule has 0 radical (unpaired) electrons. The summed E-state index contributed by atoms with van der Waals surface area (Å²) in [6.45, 7) is 19.8. The van der Waals surface area contributed by atoms with E-state index in [0.29, 0.717) is 12.8 Å². The van der Waals surface area contributed by atoms with Crippen molar-refractivity contribution in [2.45, 2.75) is 108 Å². The molecule has 0 aliphatic carbocycles. The van der Waals surface area contributed by atoms with Gasteiger partial charge in [0.15, 0.2) is 5.78 Å². The molecule has 0 bridgehead atoms. The van der Waals surface area contributed by atoms with Crippen molar-refractivity contribution < 1.29 is 39.3 Å². The van der Waals surface area contributed by atoms with E-state index < -0.39 is 11.9 Å². The van der Waals surface area contributed by atoms with Crippen LogP contribution in [0.4, 0.5) is 0 Å². The van der Waals surface area contributed by atoms with Gasteiger partial charge >= 0.3 is 11.9 Å². The van der Waals surface area contributed by atoms with Gasteiger partial charge in [0.1, 0.15) is 11.6 Å². The Morgan fingerprint density at radius 2 is 1.10 bits per heavy atom. The second-order valence-electron chi connectivity index (χ2n) is 13.7. The van der Waals surface area contributed by atoms with E-state index in [1.165, 1.54) is 17.5 Å². The minimum absolute atomic E-state index is 0.0161. The zero-order valence-corrected chi connectivity index (χ0v) is 32.8. The van der Waals surface area contributed by atoms with Crippen molar-refractivity contribution in [2.75, 3.05) is 6.61 Å². The molecule has 0 aliphatic heterocycles. The van der Waals surface area contributed by atoms with Crippen molar-refractivity contribution in [2.24, 2.45) is 29.6 Å². The monoisotopic (exact) mass is 710 g/mol. The molecule has 0 saturated heterocycles. The van der Waals surface area contributed by atoms with Gasteiger partial charge in [0.05, 0.1) is 6.42 Å². The van der Waals surface area contributed by atoms with Crippen LogP contribution in [0.5, 0.6) is 0 Å². The first-order valence-electron chi connectivity index (χ1n) is 17.9. The van der Waals surface area contributed by atoms with Gasteiger partial charge < -0.3 is 15.3 Å². The third-order valence-electron chi connectivity index (χ3n) is 6.62. The van der Waals surface area contributed by atoms with Crippen LogP contribution in [-0.4, -0.2) is 51.2 Å². The highest BCUT2D eigenvalue weighted by molar-refractivity contribution is 5.96. The minimum Gasteiger partial charge on any atom is -0.481 e. The summed E-state index contributed by atoms with van der Waals surface area (Å²) in [7, 11) is 0. The third-order valence-corrected chi connectivity index (χ3v) is 6.62. The van der Waals surface area contributed by atoms with Crippen LogP contribution in [0.3, 0.4) is 0 Å². The lowest BCUT2D eigenvalue weighted by Crippen LogP contribution is -2.08. The lowest BCUT2D eigenvalue weighted by molar-refractivity contribution is -0.139. The molecule has 2 aromatic rings. The summed E-state index contributed by atoms with van der Waals surface area (Å²) in [5, 5.41) is 24.6. The maximum Gasteiger partial charge on any atom is 0.328 e. The summed E-state index contributed by atoms with van der Waals surface area (Å²) in [6, 6.07) is 21.0. The maximum atomic E-state index is 10.8. The van der Waals surface area contributed by atoms with Gasteiger partial charge in [0.25, 0.3) is 0 Å². The number of benzene rings is 2. The normalized spacial score (nSPS) is 10.5. The lowest BCUT2D eigenvalue weighted by Gasteiger charge is -2.02. The van der Waals surface area contributed by atoms with Crippen molar-refractivity contribution in [1.29, 1.82) is 0 Å². The molecule has 0 aliphatic rings. The average Bonchev–Trinajstić information content (AvgIpc) is 3.06. The molecular weight excluding hydrogens is 644 g/mol. The molecule has 0 spiro atoms. The van der Waals surface area contributed by atoms with Gasteiger partial charge in [0, 0.05) is 43.3 Å². The first-order valence-corrected chi connectivity index (χ1v) is 17.9. The number of carbonyl (C=O) groups excluding carboxylic acids is 3. The summed E-state index contributed by atoms with van der Waals surface area (Å²) in [4.78, 5) is 52.1. The van der Waals surface area contributed by atoms with E-state index in [9.17, 15) is 24.0 Å². The Morgan fingerprint density at radius 1 is 0.608 bits per heavy atom. The molecule has 0 aromatic heterocycles. The van der Waals surface area contributed by atoms with Crippen LogP contribution in [0.15, 0.2) is 78.9 Å². The lowest BCUT2D eigenvalue weighted by atomic mass is 10.0. The zero-order chi connectivity index (χ0) is 39.8. The number of carboxylic acid groups (broad SMARTS) is 2. The third kappa shape index (κ3) is 38.5. The second kappa shape index (κ2) is 33.0. The molecule has 8 heteroatoms. The SMILES string of the molecule is CC(C)C(=O)/C=C/C(=O)O.CC(C)C(=O)CCC(=O)O.CC(C)C(=O)CCCO.CC(C)C/C=C/c1ccccc1.CC(C)Cc1ccccc1. The van der Waals surface area contributed by atoms with E-state index in [0.717, 1.165) is 30.4 Å². The van der Waals surface area contributed by atoms with E-state index in [-0.39, 0.29) is 54.6 Å². The highest BCUT2D eigenvalue weighted by atomic mass is 16.4. The number of Topliss-reactive ketones (excluding diaryl/α,β-unsaturated/α-hetero) is 2. The molecule has 0 amide bonds. The highest BCUT2D eigenvalue weighted by Gasteiger charge is 2.08.